The highest BCUT2D eigenvalue weighted by Crippen LogP contribution is 2.38. The van der Waals surface area contributed by atoms with E-state index >= 15 is 0 Å². The molecule has 5 nitrogen and oxygen atoms in total. The summed E-state index contributed by atoms with van der Waals surface area (Å²) in [7, 11) is 0. The first-order valence-corrected chi connectivity index (χ1v) is 10.1. The average molecular weight is 434 g/mol. The Balaban J connectivity index is 1.81. The molecule has 162 valence electrons. The van der Waals surface area contributed by atoms with Gasteiger partial charge in [0, 0.05) is 5.69 Å². The van der Waals surface area contributed by atoms with Gasteiger partial charge in [-0.15, -0.1) is 0 Å². The summed E-state index contributed by atoms with van der Waals surface area (Å²) in [5, 5.41) is 2.88. The second kappa shape index (κ2) is 9.01. The number of hydrogen-bond donors (Lipinski definition) is 1. The van der Waals surface area contributed by atoms with Gasteiger partial charge in [0.15, 0.2) is 0 Å². The van der Waals surface area contributed by atoms with Crippen molar-refractivity contribution in [3.63, 3.8) is 0 Å². The first kappa shape index (κ1) is 21.2. The minimum Gasteiger partial charge on any atom is -0.491 e. The van der Waals surface area contributed by atoms with Gasteiger partial charge in [-0.1, -0.05) is 37.3 Å². The first-order valence-electron chi connectivity index (χ1n) is 10.1. The van der Waals surface area contributed by atoms with Crippen molar-refractivity contribution >= 4 is 28.8 Å². The van der Waals surface area contributed by atoms with E-state index in [1.165, 1.54) is 42.5 Å². The summed E-state index contributed by atoms with van der Waals surface area (Å²) in [4.78, 5) is 27.9. The van der Waals surface area contributed by atoms with Gasteiger partial charge >= 0.3 is 0 Å². The summed E-state index contributed by atoms with van der Waals surface area (Å²) in [6, 6.07) is 17.6. The van der Waals surface area contributed by atoms with E-state index in [0.717, 1.165) is 11.3 Å². The van der Waals surface area contributed by atoms with Gasteiger partial charge in [-0.25, -0.2) is 13.7 Å². The van der Waals surface area contributed by atoms with Crippen molar-refractivity contribution in [2.24, 2.45) is 0 Å². The number of ether oxygens (including phenoxy) is 1. The van der Waals surface area contributed by atoms with Crippen LogP contribution in [0.25, 0.3) is 5.57 Å². The van der Waals surface area contributed by atoms with Crippen LogP contribution in [0.1, 0.15) is 18.9 Å². The Morgan fingerprint density at radius 3 is 2.34 bits per heavy atom. The number of nitrogens with one attached hydrogen (secondary N) is 1. The lowest BCUT2D eigenvalue weighted by molar-refractivity contribution is -0.120. The third-order valence-corrected chi connectivity index (χ3v) is 4.88. The summed E-state index contributed by atoms with van der Waals surface area (Å²) in [6.45, 7) is 2.36. The zero-order valence-corrected chi connectivity index (χ0v) is 17.3. The molecule has 3 aromatic rings. The Labute approximate surface area is 183 Å². The van der Waals surface area contributed by atoms with Crippen molar-refractivity contribution < 1.29 is 23.1 Å². The molecule has 0 atom stereocenters. The fraction of sp³-hybridized carbons (Fsp3) is 0.120. The van der Waals surface area contributed by atoms with Crippen molar-refractivity contribution in [1.82, 2.24) is 0 Å². The number of anilines is 2. The maximum absolute atomic E-state index is 13.7. The van der Waals surface area contributed by atoms with E-state index in [4.69, 9.17) is 4.74 Å². The highest BCUT2D eigenvalue weighted by Gasteiger charge is 2.41. The fourth-order valence-electron chi connectivity index (χ4n) is 3.44. The van der Waals surface area contributed by atoms with Gasteiger partial charge in [-0.2, -0.15) is 0 Å². The molecule has 0 spiro atoms. The maximum Gasteiger partial charge on any atom is 0.282 e. The molecule has 1 aliphatic rings. The molecule has 32 heavy (non-hydrogen) atoms. The number of halogens is 2. The topological polar surface area (TPSA) is 58.6 Å². The smallest absolute Gasteiger partial charge is 0.282 e. The van der Waals surface area contributed by atoms with E-state index in [9.17, 15) is 18.4 Å². The molecule has 0 saturated carbocycles. The van der Waals surface area contributed by atoms with Crippen LogP contribution in [-0.2, 0) is 9.59 Å². The fourth-order valence-corrected chi connectivity index (χ4v) is 3.44. The van der Waals surface area contributed by atoms with E-state index in [1.807, 2.05) is 6.92 Å². The number of amides is 2. The lowest BCUT2D eigenvalue weighted by atomic mass is 10.0. The molecule has 0 fully saturated rings. The van der Waals surface area contributed by atoms with Crippen molar-refractivity contribution in [2.75, 3.05) is 16.8 Å². The molecule has 7 heteroatoms. The molecule has 3 aromatic carbocycles. The molecule has 4 rings (SSSR count). The average Bonchev–Trinajstić information content (AvgIpc) is 3.02. The molecule has 1 heterocycles. The number of hydrogen-bond acceptors (Lipinski definition) is 4. The van der Waals surface area contributed by atoms with Crippen LogP contribution >= 0.6 is 0 Å². The van der Waals surface area contributed by atoms with Crippen LogP contribution in [-0.4, -0.2) is 18.4 Å². The predicted molar refractivity (Wildman–Crippen MR) is 118 cm³/mol. The number of nitrogens with zero attached hydrogens (tertiary/aromatic N) is 1. The predicted octanol–water partition coefficient (Wildman–Crippen LogP) is 5.15. The van der Waals surface area contributed by atoms with Gasteiger partial charge in [-0.3, -0.25) is 9.59 Å². The summed E-state index contributed by atoms with van der Waals surface area (Å²) < 4.78 is 32.9. The van der Waals surface area contributed by atoms with Gasteiger partial charge < -0.3 is 10.1 Å². The largest absolute Gasteiger partial charge is 0.491 e. The van der Waals surface area contributed by atoms with Crippen molar-refractivity contribution in [1.29, 1.82) is 0 Å². The van der Waals surface area contributed by atoms with Crippen molar-refractivity contribution in [2.45, 2.75) is 13.3 Å². The maximum atomic E-state index is 13.7. The Morgan fingerprint density at radius 2 is 1.62 bits per heavy atom. The van der Waals surface area contributed by atoms with E-state index in [-0.39, 0.29) is 11.3 Å². The number of para-hydroxylation sites is 2. The lowest BCUT2D eigenvalue weighted by Gasteiger charge is -2.19. The van der Waals surface area contributed by atoms with Gasteiger partial charge in [0.2, 0.25) is 0 Å². The number of rotatable bonds is 7. The monoisotopic (exact) mass is 434 g/mol. The van der Waals surface area contributed by atoms with Crippen LogP contribution in [0, 0.1) is 11.6 Å². The molecule has 0 unspecified atom stereocenters. The summed E-state index contributed by atoms with van der Waals surface area (Å²) in [5.41, 5.74) is 0.991. The van der Waals surface area contributed by atoms with Crippen LogP contribution in [0.3, 0.4) is 0 Å². The van der Waals surface area contributed by atoms with Crippen LogP contribution < -0.4 is 15.0 Å². The summed E-state index contributed by atoms with van der Waals surface area (Å²) >= 11 is 0. The van der Waals surface area contributed by atoms with E-state index in [0.29, 0.717) is 29.3 Å². The highest BCUT2D eigenvalue weighted by molar-refractivity contribution is 6.46. The quantitative estimate of drug-likeness (QED) is 0.523. The van der Waals surface area contributed by atoms with Gasteiger partial charge in [0.05, 0.1) is 17.9 Å². The lowest BCUT2D eigenvalue weighted by Crippen LogP contribution is -2.32. The third-order valence-electron chi connectivity index (χ3n) is 4.88. The summed E-state index contributed by atoms with van der Waals surface area (Å²) in [5.74, 6) is -1.78. The Kier molecular flexibility index (Phi) is 5.98. The van der Waals surface area contributed by atoms with Crippen molar-refractivity contribution in [3.8, 4) is 5.75 Å². The van der Waals surface area contributed by atoms with Gasteiger partial charge in [0.1, 0.15) is 23.1 Å². The molecule has 0 aromatic heterocycles. The Morgan fingerprint density at radius 1 is 0.875 bits per heavy atom. The molecule has 0 aliphatic carbocycles. The second-order valence-electron chi connectivity index (χ2n) is 7.15. The van der Waals surface area contributed by atoms with Crippen LogP contribution in [0.15, 0.2) is 78.5 Å². The van der Waals surface area contributed by atoms with E-state index < -0.39 is 23.4 Å². The first-order chi connectivity index (χ1) is 15.5. The zero-order valence-electron chi connectivity index (χ0n) is 17.3. The third kappa shape index (κ3) is 4.09. The molecule has 0 bridgehead atoms. The molecule has 1 aliphatic heterocycles. The van der Waals surface area contributed by atoms with Crippen LogP contribution in [0.2, 0.25) is 0 Å². The van der Waals surface area contributed by atoms with Gasteiger partial charge in [-0.05, 0) is 54.4 Å². The number of imide groups is 1. The SMILES string of the molecule is CCCOc1ccccc1N1C(=O)C(Nc2cccc(F)c2)=C(c2ccc(F)cc2)C1=O. The molecule has 0 radical (unpaired) electrons. The standard InChI is InChI=1S/C25H20F2N2O3/c1-2-14-32-21-9-4-3-8-20(21)29-24(30)22(16-10-12-17(26)13-11-16)23(25(29)31)28-19-7-5-6-18(27)15-19/h3-13,15,28H,2,14H2,1H3. The molecule has 1 N–H and O–H groups in total. The molecule has 0 saturated heterocycles. The minimum atomic E-state index is -0.619. The number of benzene rings is 3. The Bertz CT molecular complexity index is 1210. The summed E-state index contributed by atoms with van der Waals surface area (Å²) in [6.07, 6.45) is 0.752. The number of carbonyl (C=O) groups excluding carboxylic acids is 2. The molecular formula is C25H20F2N2O3. The minimum absolute atomic E-state index is 0.0301. The number of carbonyl (C=O) groups is 2. The van der Waals surface area contributed by atoms with Crippen molar-refractivity contribution in [3.05, 3.63) is 95.7 Å². The molecule has 2 amide bonds. The van der Waals surface area contributed by atoms with E-state index in [2.05, 4.69) is 5.32 Å². The second-order valence-corrected chi connectivity index (χ2v) is 7.15. The van der Waals surface area contributed by atoms with Gasteiger partial charge in [0.25, 0.3) is 11.8 Å². The normalized spacial score (nSPS) is 13.7. The Hall–Kier alpha value is -4.00. The molecular weight excluding hydrogens is 414 g/mol. The highest BCUT2D eigenvalue weighted by atomic mass is 19.1. The van der Waals surface area contributed by atoms with Crippen LogP contribution in [0.4, 0.5) is 20.2 Å². The van der Waals surface area contributed by atoms with E-state index in [1.54, 1.807) is 30.3 Å². The van der Waals surface area contributed by atoms with Crippen LogP contribution in [0.5, 0.6) is 5.75 Å². The zero-order chi connectivity index (χ0) is 22.7.